The Hall–Kier alpha value is -1.20. The second kappa shape index (κ2) is 5.43. The maximum atomic E-state index is 11.4. The van der Waals surface area contributed by atoms with Gasteiger partial charge in [-0.2, -0.15) is 0 Å². The molecule has 0 radical (unpaired) electrons. The number of fused-ring (bicyclic) bond motifs is 1. The molecule has 3 rings (SSSR count). The van der Waals surface area contributed by atoms with Crippen molar-refractivity contribution in [2.24, 2.45) is 0 Å². The van der Waals surface area contributed by atoms with Crippen LogP contribution in [0.3, 0.4) is 0 Å². The summed E-state index contributed by atoms with van der Waals surface area (Å²) >= 11 is 1.59. The van der Waals surface area contributed by atoms with Gasteiger partial charge in [0.15, 0.2) is 0 Å². The van der Waals surface area contributed by atoms with Gasteiger partial charge in [0.1, 0.15) is 0 Å². The van der Waals surface area contributed by atoms with Crippen molar-refractivity contribution in [2.75, 3.05) is 23.0 Å². The van der Waals surface area contributed by atoms with Crippen molar-refractivity contribution in [2.45, 2.75) is 36.8 Å². The van der Waals surface area contributed by atoms with Crippen molar-refractivity contribution >= 4 is 29.0 Å². The summed E-state index contributed by atoms with van der Waals surface area (Å²) in [6.45, 7) is 2.92. The summed E-state index contributed by atoms with van der Waals surface area (Å²) in [6.07, 6.45) is 2.37. The smallest absolute Gasteiger partial charge is 0.234 e. The number of carbonyl (C=O) groups is 1. The van der Waals surface area contributed by atoms with E-state index in [2.05, 4.69) is 29.7 Å². The predicted molar refractivity (Wildman–Crippen MR) is 77.9 cm³/mol. The Morgan fingerprint density at radius 2 is 2.37 bits per heavy atom. The second-order valence-electron chi connectivity index (χ2n) is 5.09. The first kappa shape index (κ1) is 12.8. The van der Waals surface area contributed by atoms with Crippen LogP contribution in [0.15, 0.2) is 23.1 Å². The summed E-state index contributed by atoms with van der Waals surface area (Å²) in [6, 6.07) is 6.64. The molecule has 0 aromatic heterocycles. The highest BCUT2D eigenvalue weighted by Gasteiger charge is 2.20. The zero-order valence-corrected chi connectivity index (χ0v) is 11.8. The van der Waals surface area contributed by atoms with Crippen LogP contribution in [0, 0.1) is 0 Å². The molecule has 4 nitrogen and oxygen atoms in total. The number of thioether (sulfide) groups is 1. The molecule has 2 N–H and O–H groups in total. The maximum absolute atomic E-state index is 11.4. The standard InChI is InChI=1S/C14H18N2O2S/c1-9-6-11(4-5-18-9)15-10-2-3-13-12(7-10)16-14(17)8-19-13/h2-3,7,9,11,15H,4-6,8H2,1H3,(H,16,17). The van der Waals surface area contributed by atoms with Crippen LogP contribution >= 0.6 is 11.8 Å². The third-order valence-electron chi connectivity index (χ3n) is 3.47. The van der Waals surface area contributed by atoms with Crippen molar-refractivity contribution in [1.82, 2.24) is 0 Å². The Labute approximate surface area is 117 Å². The summed E-state index contributed by atoms with van der Waals surface area (Å²) in [5.41, 5.74) is 1.99. The Morgan fingerprint density at radius 3 is 3.21 bits per heavy atom. The number of nitrogens with one attached hydrogen (secondary N) is 2. The van der Waals surface area contributed by atoms with E-state index in [1.165, 1.54) is 0 Å². The molecule has 0 aliphatic carbocycles. The van der Waals surface area contributed by atoms with Gasteiger partial charge in [-0.3, -0.25) is 4.79 Å². The van der Waals surface area contributed by atoms with Gasteiger partial charge in [0.25, 0.3) is 0 Å². The molecule has 5 heteroatoms. The fraction of sp³-hybridized carbons (Fsp3) is 0.500. The van der Waals surface area contributed by atoms with Gasteiger partial charge in [-0.15, -0.1) is 11.8 Å². The number of rotatable bonds is 2. The first-order valence-electron chi connectivity index (χ1n) is 6.65. The molecule has 2 atom stereocenters. The van der Waals surface area contributed by atoms with Crippen molar-refractivity contribution in [3.63, 3.8) is 0 Å². The van der Waals surface area contributed by atoms with Crippen LogP contribution in [0.5, 0.6) is 0 Å². The molecule has 19 heavy (non-hydrogen) atoms. The first-order valence-corrected chi connectivity index (χ1v) is 7.64. The topological polar surface area (TPSA) is 50.4 Å². The van der Waals surface area contributed by atoms with Crippen LogP contribution in [-0.4, -0.2) is 30.4 Å². The van der Waals surface area contributed by atoms with E-state index >= 15 is 0 Å². The fourth-order valence-corrected chi connectivity index (χ4v) is 3.33. The van der Waals surface area contributed by atoms with E-state index in [0.717, 1.165) is 35.7 Å². The first-order chi connectivity index (χ1) is 9.20. The zero-order chi connectivity index (χ0) is 13.2. The van der Waals surface area contributed by atoms with Crippen molar-refractivity contribution < 1.29 is 9.53 Å². The molecule has 0 spiro atoms. The lowest BCUT2D eigenvalue weighted by atomic mass is 10.0. The average molecular weight is 278 g/mol. The lowest BCUT2D eigenvalue weighted by Crippen LogP contribution is -2.32. The molecule has 2 aliphatic heterocycles. The average Bonchev–Trinajstić information content (AvgIpc) is 2.38. The molecule has 1 aromatic rings. The van der Waals surface area contributed by atoms with Crippen molar-refractivity contribution in [3.05, 3.63) is 18.2 Å². The van der Waals surface area contributed by atoms with E-state index in [9.17, 15) is 4.79 Å². The summed E-state index contributed by atoms with van der Waals surface area (Å²) in [7, 11) is 0. The Balaban J connectivity index is 1.71. The highest BCUT2D eigenvalue weighted by Crippen LogP contribution is 2.33. The van der Waals surface area contributed by atoms with Gasteiger partial charge in [-0.1, -0.05) is 0 Å². The fourth-order valence-electron chi connectivity index (χ4n) is 2.54. The van der Waals surface area contributed by atoms with Gasteiger partial charge in [-0.25, -0.2) is 0 Å². The normalized spacial score (nSPS) is 26.5. The minimum Gasteiger partial charge on any atom is -0.382 e. The molecule has 0 bridgehead atoms. The monoisotopic (exact) mass is 278 g/mol. The molecule has 2 unspecified atom stereocenters. The molecular formula is C14H18N2O2S. The summed E-state index contributed by atoms with van der Waals surface area (Å²) in [4.78, 5) is 12.5. The number of ether oxygens (including phenoxy) is 1. The Kier molecular flexibility index (Phi) is 3.66. The highest BCUT2D eigenvalue weighted by atomic mass is 32.2. The molecule has 2 heterocycles. The van der Waals surface area contributed by atoms with Crippen LogP contribution in [0.1, 0.15) is 19.8 Å². The van der Waals surface area contributed by atoms with Crippen molar-refractivity contribution in [1.29, 1.82) is 0 Å². The summed E-state index contributed by atoms with van der Waals surface area (Å²) in [5.74, 6) is 0.589. The molecule has 1 saturated heterocycles. The minimum atomic E-state index is 0.0781. The number of hydrogen-bond acceptors (Lipinski definition) is 4. The lowest BCUT2D eigenvalue weighted by Gasteiger charge is -2.29. The SMILES string of the molecule is CC1CC(Nc2ccc3c(c2)NC(=O)CS3)CCO1. The van der Waals surface area contributed by atoms with Gasteiger partial charge in [-0.05, 0) is 38.0 Å². The molecule has 1 fully saturated rings. The molecule has 102 valence electrons. The van der Waals surface area contributed by atoms with E-state index < -0.39 is 0 Å². The maximum Gasteiger partial charge on any atom is 0.234 e. The summed E-state index contributed by atoms with van der Waals surface area (Å²) in [5, 5.41) is 6.46. The van der Waals surface area contributed by atoms with E-state index in [0.29, 0.717) is 17.9 Å². The van der Waals surface area contributed by atoms with Gasteiger partial charge in [0, 0.05) is 23.2 Å². The minimum absolute atomic E-state index is 0.0781. The van der Waals surface area contributed by atoms with Crippen LogP contribution in [-0.2, 0) is 9.53 Å². The number of benzene rings is 1. The lowest BCUT2D eigenvalue weighted by molar-refractivity contribution is -0.113. The number of anilines is 2. The zero-order valence-electron chi connectivity index (χ0n) is 10.9. The molecule has 1 amide bonds. The van der Waals surface area contributed by atoms with Crippen molar-refractivity contribution in [3.8, 4) is 0 Å². The van der Waals surface area contributed by atoms with Crippen LogP contribution < -0.4 is 10.6 Å². The number of amides is 1. The third-order valence-corrected chi connectivity index (χ3v) is 4.54. The Bertz CT molecular complexity index is 492. The van der Waals surface area contributed by atoms with Crippen LogP contribution in [0.25, 0.3) is 0 Å². The quantitative estimate of drug-likeness (QED) is 0.873. The second-order valence-corrected chi connectivity index (χ2v) is 6.11. The number of hydrogen-bond donors (Lipinski definition) is 2. The van der Waals surface area contributed by atoms with E-state index in [1.807, 2.05) is 6.07 Å². The van der Waals surface area contributed by atoms with Crippen LogP contribution in [0.4, 0.5) is 11.4 Å². The van der Waals surface area contributed by atoms with Crippen LogP contribution in [0.2, 0.25) is 0 Å². The third kappa shape index (κ3) is 3.04. The van der Waals surface area contributed by atoms with Gasteiger partial charge in [0.2, 0.25) is 5.91 Å². The molecule has 2 aliphatic rings. The van der Waals surface area contributed by atoms with E-state index in [4.69, 9.17) is 4.74 Å². The van der Waals surface area contributed by atoms with Gasteiger partial charge >= 0.3 is 0 Å². The van der Waals surface area contributed by atoms with E-state index in [-0.39, 0.29) is 5.91 Å². The highest BCUT2D eigenvalue weighted by molar-refractivity contribution is 8.00. The summed E-state index contributed by atoms with van der Waals surface area (Å²) < 4.78 is 5.55. The van der Waals surface area contributed by atoms with E-state index in [1.54, 1.807) is 11.8 Å². The van der Waals surface area contributed by atoms with Gasteiger partial charge < -0.3 is 15.4 Å². The predicted octanol–water partition coefficient (Wildman–Crippen LogP) is 2.71. The molecule has 0 saturated carbocycles. The van der Waals surface area contributed by atoms with Gasteiger partial charge in [0.05, 0.1) is 17.5 Å². The number of carbonyl (C=O) groups excluding carboxylic acids is 1. The molecular weight excluding hydrogens is 260 g/mol. The molecule has 1 aromatic carbocycles. The Morgan fingerprint density at radius 1 is 1.47 bits per heavy atom. The largest absolute Gasteiger partial charge is 0.382 e.